The summed E-state index contributed by atoms with van der Waals surface area (Å²) in [5.41, 5.74) is 2.67. The molecule has 5 rings (SSSR count). The van der Waals surface area contributed by atoms with E-state index < -0.39 is 29.2 Å². The molecule has 0 spiro atoms. The molecule has 2 aliphatic heterocycles. The molecule has 10 nitrogen and oxygen atoms in total. The predicted octanol–water partition coefficient (Wildman–Crippen LogP) is 3.78. The van der Waals surface area contributed by atoms with Crippen LogP contribution in [0.1, 0.15) is 32.4 Å². The standard InChI is InChI=1S/C25H24N4O6S3/c1-12-4-5-13(2)18(8-12)34-9-16-6-7-17(35-16)21(30)26-19-22(31)29-20(24(32)33)15(10-36-23(19)29)11-37-25-28-27-14(3)38-25/h4-8,19,23H,9-11H2,1-3H3,(H,26,30)(H,32,33)/t19-,23+/m1/s1. The second-order valence-electron chi connectivity index (χ2n) is 8.82. The number of aliphatic carboxylic acids is 1. The number of carboxylic acid groups (broad SMARTS) is 1. The quantitative estimate of drug-likeness (QED) is 0.288. The molecule has 198 valence electrons. The molecule has 4 heterocycles. The Balaban J connectivity index is 1.21. The normalized spacial score (nSPS) is 18.7. The second-order valence-corrected chi connectivity index (χ2v) is 12.3. The lowest BCUT2D eigenvalue weighted by Gasteiger charge is -2.49. The van der Waals surface area contributed by atoms with Crippen molar-refractivity contribution >= 4 is 52.6 Å². The van der Waals surface area contributed by atoms with Gasteiger partial charge in [-0.3, -0.25) is 14.5 Å². The average Bonchev–Trinajstić information content (AvgIpc) is 3.54. The van der Waals surface area contributed by atoms with Gasteiger partial charge in [0, 0.05) is 11.5 Å². The predicted molar refractivity (Wildman–Crippen MR) is 143 cm³/mol. The fraction of sp³-hybridized carbons (Fsp3) is 0.320. The summed E-state index contributed by atoms with van der Waals surface area (Å²) in [5, 5.41) is 20.9. The van der Waals surface area contributed by atoms with Crippen molar-refractivity contribution < 1.29 is 28.6 Å². The Morgan fingerprint density at radius 1 is 1.24 bits per heavy atom. The number of aromatic nitrogens is 2. The lowest BCUT2D eigenvalue weighted by Crippen LogP contribution is -2.70. The molecule has 1 aromatic carbocycles. The third-order valence-corrected chi connectivity index (χ3v) is 9.41. The largest absolute Gasteiger partial charge is 0.485 e. The number of furan rings is 1. The number of benzene rings is 1. The van der Waals surface area contributed by atoms with Gasteiger partial charge in [-0.15, -0.1) is 22.0 Å². The van der Waals surface area contributed by atoms with Crippen molar-refractivity contribution in [1.29, 1.82) is 0 Å². The lowest BCUT2D eigenvalue weighted by atomic mass is 10.0. The molecule has 2 amide bonds. The van der Waals surface area contributed by atoms with Crippen molar-refractivity contribution in [2.24, 2.45) is 0 Å². The SMILES string of the molecule is Cc1ccc(C)c(OCc2ccc(C(=O)N[C@@H]3C(=O)N4C(C(=O)O)=C(CSc5nnc(C)s5)CS[C@@H]34)o2)c1. The molecule has 2 aromatic heterocycles. The first-order chi connectivity index (χ1) is 18.2. The van der Waals surface area contributed by atoms with E-state index in [2.05, 4.69) is 15.5 Å². The van der Waals surface area contributed by atoms with Crippen LogP contribution in [-0.4, -0.2) is 60.9 Å². The van der Waals surface area contributed by atoms with Crippen LogP contribution in [0, 0.1) is 20.8 Å². The maximum atomic E-state index is 12.9. The smallest absolute Gasteiger partial charge is 0.352 e. The van der Waals surface area contributed by atoms with Gasteiger partial charge < -0.3 is 19.6 Å². The van der Waals surface area contributed by atoms with E-state index in [1.165, 1.54) is 45.8 Å². The molecule has 2 N–H and O–H groups in total. The minimum atomic E-state index is -1.17. The first-order valence-corrected chi connectivity index (χ1v) is 14.5. The summed E-state index contributed by atoms with van der Waals surface area (Å²) < 4.78 is 12.2. The van der Waals surface area contributed by atoms with Crippen LogP contribution in [0.5, 0.6) is 5.75 Å². The number of fused-ring (bicyclic) bond motifs is 1. The highest BCUT2D eigenvalue weighted by Gasteiger charge is 2.54. The van der Waals surface area contributed by atoms with Crippen LogP contribution >= 0.6 is 34.9 Å². The van der Waals surface area contributed by atoms with Crippen LogP contribution in [0.4, 0.5) is 0 Å². The van der Waals surface area contributed by atoms with Gasteiger partial charge >= 0.3 is 5.97 Å². The number of nitrogens with one attached hydrogen (secondary N) is 1. The maximum Gasteiger partial charge on any atom is 0.352 e. The summed E-state index contributed by atoms with van der Waals surface area (Å²) in [6, 6.07) is 8.24. The van der Waals surface area contributed by atoms with Gasteiger partial charge in [-0.05, 0) is 55.7 Å². The third-order valence-electron chi connectivity index (χ3n) is 6.01. The van der Waals surface area contributed by atoms with E-state index in [1.54, 1.807) is 6.07 Å². The number of amides is 2. The molecule has 0 bridgehead atoms. The van der Waals surface area contributed by atoms with Crippen molar-refractivity contribution in [3.63, 3.8) is 0 Å². The molecule has 0 unspecified atom stereocenters. The highest BCUT2D eigenvalue weighted by Crippen LogP contribution is 2.42. The summed E-state index contributed by atoms with van der Waals surface area (Å²) in [4.78, 5) is 39.1. The van der Waals surface area contributed by atoms with E-state index in [1.807, 2.05) is 39.0 Å². The van der Waals surface area contributed by atoms with Crippen molar-refractivity contribution in [2.75, 3.05) is 11.5 Å². The van der Waals surface area contributed by atoms with E-state index in [0.717, 1.165) is 26.2 Å². The molecular formula is C25H24N4O6S3. The lowest BCUT2D eigenvalue weighted by molar-refractivity contribution is -0.148. The number of aryl methyl sites for hydroxylation is 3. The van der Waals surface area contributed by atoms with Crippen LogP contribution < -0.4 is 10.1 Å². The van der Waals surface area contributed by atoms with Crippen molar-refractivity contribution in [3.05, 3.63) is 69.3 Å². The number of rotatable bonds is 9. The first-order valence-electron chi connectivity index (χ1n) is 11.6. The molecule has 1 saturated heterocycles. The van der Waals surface area contributed by atoms with Gasteiger partial charge in [-0.2, -0.15) is 0 Å². The Morgan fingerprint density at radius 3 is 2.79 bits per heavy atom. The van der Waals surface area contributed by atoms with E-state index in [-0.39, 0.29) is 18.1 Å². The number of thioether (sulfide) groups is 2. The Hall–Kier alpha value is -3.29. The van der Waals surface area contributed by atoms with E-state index in [9.17, 15) is 19.5 Å². The number of carbonyl (C=O) groups is 3. The highest BCUT2D eigenvalue weighted by molar-refractivity contribution is 8.01. The highest BCUT2D eigenvalue weighted by atomic mass is 32.2. The Kier molecular flexibility index (Phi) is 7.50. The van der Waals surface area contributed by atoms with Crippen molar-refractivity contribution in [3.8, 4) is 5.75 Å². The minimum Gasteiger partial charge on any atom is -0.485 e. The molecule has 38 heavy (non-hydrogen) atoms. The van der Waals surface area contributed by atoms with Gasteiger partial charge in [0.05, 0.1) is 0 Å². The number of hydrogen-bond acceptors (Lipinski definition) is 10. The molecule has 0 saturated carbocycles. The van der Waals surface area contributed by atoms with Crippen LogP contribution in [0.2, 0.25) is 0 Å². The van der Waals surface area contributed by atoms with Crippen LogP contribution in [0.25, 0.3) is 0 Å². The van der Waals surface area contributed by atoms with Crippen LogP contribution in [0.3, 0.4) is 0 Å². The Labute approximate surface area is 230 Å². The van der Waals surface area contributed by atoms with Gasteiger partial charge in [-0.1, -0.05) is 35.2 Å². The summed E-state index contributed by atoms with van der Waals surface area (Å²) in [5.74, 6) is -0.118. The van der Waals surface area contributed by atoms with Gasteiger partial charge in [0.15, 0.2) is 10.1 Å². The zero-order valence-corrected chi connectivity index (χ0v) is 23.2. The zero-order valence-electron chi connectivity index (χ0n) is 20.7. The number of hydrogen-bond donors (Lipinski definition) is 2. The topological polar surface area (TPSA) is 135 Å². The number of carboxylic acids is 1. The van der Waals surface area contributed by atoms with Gasteiger partial charge in [-0.25, -0.2) is 4.79 Å². The monoisotopic (exact) mass is 572 g/mol. The second kappa shape index (κ2) is 10.8. The number of β-lactam (4-membered cyclic amide) rings is 1. The zero-order chi connectivity index (χ0) is 27.0. The first kappa shape index (κ1) is 26.3. The van der Waals surface area contributed by atoms with Crippen molar-refractivity contribution in [1.82, 2.24) is 20.4 Å². The minimum absolute atomic E-state index is 0.0261. The Morgan fingerprint density at radius 2 is 2.05 bits per heavy atom. The molecule has 0 radical (unpaired) electrons. The average molecular weight is 573 g/mol. The van der Waals surface area contributed by atoms with Crippen LogP contribution in [0.15, 0.2) is 50.4 Å². The third kappa shape index (κ3) is 5.31. The molecular weight excluding hydrogens is 548 g/mol. The number of ether oxygens (including phenoxy) is 1. The fourth-order valence-corrected chi connectivity index (χ4v) is 7.38. The molecule has 13 heteroatoms. The number of nitrogens with zero attached hydrogens (tertiary/aromatic N) is 3. The van der Waals surface area contributed by atoms with E-state index >= 15 is 0 Å². The molecule has 2 aliphatic rings. The van der Waals surface area contributed by atoms with Gasteiger partial charge in [0.1, 0.15) is 40.2 Å². The summed E-state index contributed by atoms with van der Waals surface area (Å²) in [6.45, 7) is 5.92. The van der Waals surface area contributed by atoms with Gasteiger partial charge in [0.2, 0.25) is 0 Å². The summed E-state index contributed by atoms with van der Waals surface area (Å²) in [6.07, 6.45) is 0. The van der Waals surface area contributed by atoms with E-state index in [4.69, 9.17) is 9.15 Å². The van der Waals surface area contributed by atoms with E-state index in [0.29, 0.717) is 22.8 Å². The van der Waals surface area contributed by atoms with Gasteiger partial charge in [0.25, 0.3) is 11.8 Å². The molecule has 3 aromatic rings. The number of carbonyl (C=O) groups excluding carboxylic acids is 2. The molecule has 2 atom stereocenters. The van der Waals surface area contributed by atoms with Crippen LogP contribution in [-0.2, 0) is 16.2 Å². The Bertz CT molecular complexity index is 1450. The summed E-state index contributed by atoms with van der Waals surface area (Å²) in [7, 11) is 0. The molecule has 1 fully saturated rings. The summed E-state index contributed by atoms with van der Waals surface area (Å²) >= 11 is 4.24. The van der Waals surface area contributed by atoms with Crippen molar-refractivity contribution in [2.45, 2.75) is 43.1 Å². The fourth-order valence-electron chi connectivity index (χ4n) is 4.08. The maximum absolute atomic E-state index is 12.9. The molecule has 0 aliphatic carbocycles.